The van der Waals surface area contributed by atoms with Crippen LogP contribution in [0.3, 0.4) is 0 Å². The largest absolute Gasteiger partial charge is 0.378 e. The third-order valence-corrected chi connectivity index (χ3v) is 3.75. The zero-order valence-electron chi connectivity index (χ0n) is 9.77. The van der Waals surface area contributed by atoms with Crippen LogP contribution in [0, 0.1) is 17.6 Å². The van der Waals surface area contributed by atoms with Crippen LogP contribution in [0.2, 0.25) is 5.02 Å². The number of hydrogen-bond acceptors (Lipinski definition) is 1. The van der Waals surface area contributed by atoms with Crippen LogP contribution in [0.25, 0.3) is 0 Å². The molecule has 0 saturated heterocycles. The van der Waals surface area contributed by atoms with Crippen LogP contribution in [-0.4, -0.2) is 6.04 Å². The highest BCUT2D eigenvalue weighted by Crippen LogP contribution is 2.32. The van der Waals surface area contributed by atoms with Crippen molar-refractivity contribution in [2.45, 2.75) is 38.6 Å². The molecule has 0 bridgehead atoms. The fourth-order valence-corrected chi connectivity index (χ4v) is 2.65. The number of halogens is 3. The maximum absolute atomic E-state index is 13.6. The second kappa shape index (κ2) is 5.21. The van der Waals surface area contributed by atoms with Gasteiger partial charge >= 0.3 is 0 Å². The van der Waals surface area contributed by atoms with Gasteiger partial charge < -0.3 is 5.32 Å². The predicted molar refractivity (Wildman–Crippen MR) is 66.4 cm³/mol. The van der Waals surface area contributed by atoms with Gasteiger partial charge in [0.15, 0.2) is 5.82 Å². The van der Waals surface area contributed by atoms with E-state index in [0.29, 0.717) is 5.92 Å². The second-order valence-corrected chi connectivity index (χ2v) is 5.16. The summed E-state index contributed by atoms with van der Waals surface area (Å²) in [5.74, 6) is -0.771. The van der Waals surface area contributed by atoms with E-state index in [1.165, 1.54) is 6.42 Å². The van der Waals surface area contributed by atoms with E-state index in [0.717, 1.165) is 31.4 Å². The molecule has 0 amide bonds. The SMILES string of the molecule is CC1CCCCC1Nc1c(F)cc(F)cc1Cl. The van der Waals surface area contributed by atoms with Crippen molar-refractivity contribution in [3.05, 3.63) is 28.8 Å². The van der Waals surface area contributed by atoms with Gasteiger partial charge in [0.2, 0.25) is 0 Å². The first kappa shape index (κ1) is 12.6. The molecule has 1 N–H and O–H groups in total. The van der Waals surface area contributed by atoms with Gasteiger partial charge in [-0.3, -0.25) is 0 Å². The number of benzene rings is 1. The summed E-state index contributed by atoms with van der Waals surface area (Å²) < 4.78 is 26.5. The average molecular weight is 260 g/mol. The van der Waals surface area contributed by atoms with Crippen LogP contribution in [0.1, 0.15) is 32.6 Å². The lowest BCUT2D eigenvalue weighted by atomic mass is 9.86. The van der Waals surface area contributed by atoms with Crippen LogP contribution in [0.5, 0.6) is 0 Å². The Labute approximate surface area is 105 Å². The number of hydrogen-bond donors (Lipinski definition) is 1. The van der Waals surface area contributed by atoms with Crippen molar-refractivity contribution in [3.63, 3.8) is 0 Å². The van der Waals surface area contributed by atoms with E-state index in [1.54, 1.807) is 0 Å². The maximum atomic E-state index is 13.6. The molecule has 0 aliphatic heterocycles. The highest BCUT2D eigenvalue weighted by Gasteiger charge is 2.23. The molecule has 94 valence electrons. The number of anilines is 1. The van der Waals surface area contributed by atoms with E-state index in [2.05, 4.69) is 12.2 Å². The summed E-state index contributed by atoms with van der Waals surface area (Å²) >= 11 is 5.86. The van der Waals surface area contributed by atoms with E-state index in [-0.39, 0.29) is 16.8 Å². The van der Waals surface area contributed by atoms with Gasteiger partial charge in [-0.1, -0.05) is 31.4 Å². The number of rotatable bonds is 2. The molecule has 1 aromatic rings. The highest BCUT2D eigenvalue weighted by molar-refractivity contribution is 6.33. The Morgan fingerprint density at radius 3 is 2.59 bits per heavy atom. The topological polar surface area (TPSA) is 12.0 Å². The first-order valence-corrected chi connectivity index (χ1v) is 6.37. The Balaban J connectivity index is 2.17. The lowest BCUT2D eigenvalue weighted by molar-refractivity contribution is 0.348. The van der Waals surface area contributed by atoms with E-state index >= 15 is 0 Å². The molecular formula is C13H16ClF2N. The molecule has 0 spiro atoms. The smallest absolute Gasteiger partial charge is 0.150 e. The summed E-state index contributed by atoms with van der Waals surface area (Å²) in [5, 5.41) is 3.23. The molecule has 0 heterocycles. The maximum Gasteiger partial charge on any atom is 0.150 e. The van der Waals surface area contributed by atoms with Crippen LogP contribution in [-0.2, 0) is 0 Å². The summed E-state index contributed by atoms with van der Waals surface area (Å²) in [4.78, 5) is 0. The lowest BCUT2D eigenvalue weighted by Crippen LogP contribution is -2.30. The summed E-state index contributed by atoms with van der Waals surface area (Å²) in [6, 6.07) is 2.23. The molecule has 1 aliphatic carbocycles. The van der Waals surface area contributed by atoms with Crippen LogP contribution in [0.4, 0.5) is 14.5 Å². The third kappa shape index (κ3) is 2.89. The Hall–Kier alpha value is -0.830. The van der Waals surface area contributed by atoms with Gasteiger partial charge in [-0.05, 0) is 24.8 Å². The third-order valence-electron chi connectivity index (χ3n) is 3.45. The second-order valence-electron chi connectivity index (χ2n) is 4.76. The fourth-order valence-electron chi connectivity index (χ4n) is 2.40. The van der Waals surface area contributed by atoms with Crippen LogP contribution < -0.4 is 5.32 Å². The van der Waals surface area contributed by atoms with E-state index in [1.807, 2.05) is 0 Å². The molecule has 1 aliphatic rings. The lowest BCUT2D eigenvalue weighted by Gasteiger charge is -2.30. The molecule has 1 saturated carbocycles. The van der Waals surface area contributed by atoms with E-state index < -0.39 is 11.6 Å². The quantitative estimate of drug-likeness (QED) is 0.818. The van der Waals surface area contributed by atoms with E-state index in [4.69, 9.17) is 11.6 Å². The van der Waals surface area contributed by atoms with Crippen molar-refractivity contribution in [1.29, 1.82) is 0 Å². The van der Waals surface area contributed by atoms with Crippen LogP contribution in [0.15, 0.2) is 12.1 Å². The molecule has 2 atom stereocenters. The normalized spacial score (nSPS) is 24.7. The summed E-state index contributed by atoms with van der Waals surface area (Å²) in [6.07, 6.45) is 4.51. The first-order chi connectivity index (χ1) is 8.08. The van der Waals surface area contributed by atoms with Gasteiger partial charge in [-0.25, -0.2) is 8.78 Å². The average Bonchev–Trinajstić information content (AvgIpc) is 2.25. The Bertz CT molecular complexity index is 385. The standard InChI is InChI=1S/C13H16ClF2N/c1-8-4-2-3-5-12(8)17-13-10(14)6-9(15)7-11(13)16/h6-8,12,17H,2-5H2,1H3. The minimum Gasteiger partial charge on any atom is -0.378 e. The Morgan fingerprint density at radius 2 is 1.94 bits per heavy atom. The molecule has 1 nitrogen and oxygen atoms in total. The van der Waals surface area contributed by atoms with Crippen molar-refractivity contribution in [3.8, 4) is 0 Å². The number of nitrogens with one attached hydrogen (secondary N) is 1. The molecule has 4 heteroatoms. The van der Waals surface area contributed by atoms with E-state index in [9.17, 15) is 8.78 Å². The van der Waals surface area contributed by atoms with Crippen LogP contribution >= 0.6 is 11.6 Å². The molecule has 0 radical (unpaired) electrons. The molecule has 17 heavy (non-hydrogen) atoms. The van der Waals surface area contributed by atoms with Crippen molar-refractivity contribution >= 4 is 17.3 Å². The molecule has 2 unspecified atom stereocenters. The fraction of sp³-hybridized carbons (Fsp3) is 0.538. The van der Waals surface area contributed by atoms with Gasteiger partial charge in [-0.2, -0.15) is 0 Å². The van der Waals surface area contributed by atoms with Gasteiger partial charge in [0.1, 0.15) is 5.82 Å². The van der Waals surface area contributed by atoms with Crippen molar-refractivity contribution in [2.75, 3.05) is 5.32 Å². The summed E-state index contributed by atoms with van der Waals surface area (Å²) in [5.41, 5.74) is 0.229. The molecule has 2 rings (SSSR count). The van der Waals surface area contributed by atoms with Crippen molar-refractivity contribution in [1.82, 2.24) is 0 Å². The first-order valence-electron chi connectivity index (χ1n) is 5.99. The van der Waals surface area contributed by atoms with Crippen molar-refractivity contribution < 1.29 is 8.78 Å². The minimum absolute atomic E-state index is 0.111. The van der Waals surface area contributed by atoms with Gasteiger partial charge in [-0.15, -0.1) is 0 Å². The Kier molecular flexibility index (Phi) is 3.87. The highest BCUT2D eigenvalue weighted by atomic mass is 35.5. The molecular weight excluding hydrogens is 244 g/mol. The summed E-state index contributed by atoms with van der Waals surface area (Å²) in [7, 11) is 0. The molecule has 1 fully saturated rings. The predicted octanol–water partition coefficient (Wildman–Crippen LogP) is 4.61. The van der Waals surface area contributed by atoms with Gasteiger partial charge in [0, 0.05) is 12.1 Å². The monoisotopic (exact) mass is 259 g/mol. The summed E-state index contributed by atoms with van der Waals surface area (Å²) in [6.45, 7) is 2.14. The zero-order valence-corrected chi connectivity index (χ0v) is 10.5. The van der Waals surface area contributed by atoms with Gasteiger partial charge in [0.25, 0.3) is 0 Å². The minimum atomic E-state index is -0.644. The Morgan fingerprint density at radius 1 is 1.24 bits per heavy atom. The van der Waals surface area contributed by atoms with Gasteiger partial charge in [0.05, 0.1) is 10.7 Å². The molecule has 0 aromatic heterocycles. The molecule has 1 aromatic carbocycles. The zero-order chi connectivity index (χ0) is 12.4. The van der Waals surface area contributed by atoms with Crippen molar-refractivity contribution in [2.24, 2.45) is 5.92 Å².